The van der Waals surface area contributed by atoms with Gasteiger partial charge in [0, 0.05) is 6.20 Å². The van der Waals surface area contributed by atoms with Crippen molar-refractivity contribution < 1.29 is 5.11 Å². The predicted molar refractivity (Wildman–Crippen MR) is 55.5 cm³/mol. The minimum Gasteiger partial charge on any atom is -0.390 e. The maximum Gasteiger partial charge on any atom is 0.137 e. The molecule has 0 radical (unpaired) electrons. The van der Waals surface area contributed by atoms with Gasteiger partial charge in [-0.2, -0.15) is 0 Å². The Hall–Kier alpha value is -1.06. The van der Waals surface area contributed by atoms with Crippen LogP contribution in [0, 0.1) is 0 Å². The highest BCUT2D eigenvalue weighted by Gasteiger charge is 2.09. The Kier molecular flexibility index (Phi) is 2.44. The highest BCUT2D eigenvalue weighted by molar-refractivity contribution is 6.30. The van der Waals surface area contributed by atoms with Gasteiger partial charge in [-0.15, -0.1) is 0 Å². The second kappa shape index (κ2) is 3.59. The molecule has 0 fully saturated rings. The molecule has 74 valence electrons. The Labute approximate surface area is 87.0 Å². The van der Waals surface area contributed by atoms with Crippen LogP contribution in [0.3, 0.4) is 0 Å². The summed E-state index contributed by atoms with van der Waals surface area (Å²) in [6.07, 6.45) is 2.59. The molecular formula is C10H11ClN2O. The average Bonchev–Trinajstić information content (AvgIpc) is 2.54. The third-order valence-electron chi connectivity index (χ3n) is 2.25. The second-order valence-electron chi connectivity index (χ2n) is 3.09. The summed E-state index contributed by atoms with van der Waals surface area (Å²) in [5.74, 6) is 0. The number of aliphatic hydroxyl groups excluding tert-OH is 1. The van der Waals surface area contributed by atoms with Crippen LogP contribution < -0.4 is 0 Å². The fourth-order valence-electron chi connectivity index (χ4n) is 1.57. The largest absolute Gasteiger partial charge is 0.390 e. The minimum atomic E-state index is -0.00924. The highest BCUT2D eigenvalue weighted by atomic mass is 35.5. The molecule has 0 aromatic carbocycles. The van der Waals surface area contributed by atoms with Gasteiger partial charge in [0.2, 0.25) is 0 Å². The number of halogens is 1. The maximum absolute atomic E-state index is 9.22. The van der Waals surface area contributed by atoms with Crippen molar-refractivity contribution in [1.29, 1.82) is 0 Å². The highest BCUT2D eigenvalue weighted by Crippen LogP contribution is 2.16. The van der Waals surface area contributed by atoms with Crippen molar-refractivity contribution in [2.75, 3.05) is 0 Å². The summed E-state index contributed by atoms with van der Waals surface area (Å²) in [4.78, 5) is 4.39. The number of hydrogen-bond donors (Lipinski definition) is 1. The molecule has 2 aromatic heterocycles. The number of nitrogens with zero attached hydrogens (tertiary/aromatic N) is 2. The van der Waals surface area contributed by atoms with Crippen molar-refractivity contribution in [2.45, 2.75) is 20.0 Å². The zero-order valence-electron chi connectivity index (χ0n) is 7.87. The van der Waals surface area contributed by atoms with Gasteiger partial charge in [-0.05, 0) is 18.6 Å². The van der Waals surface area contributed by atoms with E-state index in [0.29, 0.717) is 5.02 Å². The van der Waals surface area contributed by atoms with Gasteiger partial charge in [-0.25, -0.2) is 4.98 Å². The van der Waals surface area contributed by atoms with Crippen LogP contribution in [0.25, 0.3) is 5.65 Å². The van der Waals surface area contributed by atoms with Gasteiger partial charge in [0.05, 0.1) is 23.0 Å². The molecule has 0 amide bonds. The molecule has 0 saturated carbocycles. The smallest absolute Gasteiger partial charge is 0.137 e. The second-order valence-corrected chi connectivity index (χ2v) is 3.53. The number of aryl methyl sites for hydroxylation is 1. The number of fused-ring (bicyclic) bond motifs is 1. The van der Waals surface area contributed by atoms with Gasteiger partial charge in [0.1, 0.15) is 5.65 Å². The number of imidazole rings is 1. The maximum atomic E-state index is 9.22. The van der Waals surface area contributed by atoms with E-state index in [-0.39, 0.29) is 6.61 Å². The third kappa shape index (κ3) is 1.38. The summed E-state index contributed by atoms with van der Waals surface area (Å²) in [6.45, 7) is 2.01. The Morgan fingerprint density at radius 3 is 2.93 bits per heavy atom. The quantitative estimate of drug-likeness (QED) is 0.824. The Bertz CT molecular complexity index is 464. The lowest BCUT2D eigenvalue weighted by atomic mass is 10.3. The first-order valence-electron chi connectivity index (χ1n) is 4.52. The lowest BCUT2D eigenvalue weighted by molar-refractivity contribution is 0.274. The van der Waals surface area contributed by atoms with Gasteiger partial charge in [0.25, 0.3) is 0 Å². The zero-order valence-corrected chi connectivity index (χ0v) is 8.62. The van der Waals surface area contributed by atoms with E-state index >= 15 is 0 Å². The molecule has 0 aliphatic rings. The van der Waals surface area contributed by atoms with E-state index in [1.165, 1.54) is 0 Å². The van der Waals surface area contributed by atoms with E-state index < -0.39 is 0 Å². The van der Waals surface area contributed by atoms with Gasteiger partial charge in [-0.1, -0.05) is 18.5 Å². The van der Waals surface area contributed by atoms with Crippen molar-refractivity contribution in [2.24, 2.45) is 0 Å². The van der Waals surface area contributed by atoms with Crippen LogP contribution in [-0.4, -0.2) is 14.5 Å². The van der Waals surface area contributed by atoms with Crippen LogP contribution in [0.4, 0.5) is 0 Å². The van der Waals surface area contributed by atoms with Crippen LogP contribution in [0.1, 0.15) is 18.3 Å². The van der Waals surface area contributed by atoms with E-state index in [9.17, 15) is 5.11 Å². The molecule has 0 atom stereocenters. The monoisotopic (exact) mass is 210 g/mol. The molecule has 0 unspecified atom stereocenters. The summed E-state index contributed by atoms with van der Waals surface area (Å²) in [6, 6.07) is 3.64. The molecule has 14 heavy (non-hydrogen) atoms. The standard InChI is InChI=1S/C10H11ClN2O/c1-2-8-9(6-14)13-5-7(11)3-4-10(13)12-8/h3-5,14H,2,6H2,1H3. The van der Waals surface area contributed by atoms with E-state index in [2.05, 4.69) is 4.98 Å². The van der Waals surface area contributed by atoms with Crippen LogP contribution in [0.2, 0.25) is 5.02 Å². The first kappa shape index (κ1) is 9.49. The van der Waals surface area contributed by atoms with E-state index in [1.54, 1.807) is 12.3 Å². The van der Waals surface area contributed by atoms with Crippen LogP contribution in [0.15, 0.2) is 18.3 Å². The minimum absolute atomic E-state index is 0.00924. The normalized spacial score (nSPS) is 11.1. The van der Waals surface area contributed by atoms with Crippen molar-refractivity contribution in [3.63, 3.8) is 0 Å². The molecule has 3 nitrogen and oxygen atoms in total. The summed E-state index contributed by atoms with van der Waals surface area (Å²) in [5, 5.41) is 9.87. The summed E-state index contributed by atoms with van der Waals surface area (Å²) in [7, 11) is 0. The summed E-state index contributed by atoms with van der Waals surface area (Å²) < 4.78 is 1.83. The van der Waals surface area contributed by atoms with Crippen molar-refractivity contribution in [1.82, 2.24) is 9.38 Å². The molecule has 0 bridgehead atoms. The van der Waals surface area contributed by atoms with Crippen molar-refractivity contribution in [3.8, 4) is 0 Å². The number of hydrogen-bond acceptors (Lipinski definition) is 2. The van der Waals surface area contributed by atoms with Crippen LogP contribution in [0.5, 0.6) is 0 Å². The molecule has 1 N–H and O–H groups in total. The zero-order chi connectivity index (χ0) is 10.1. The predicted octanol–water partition coefficient (Wildman–Crippen LogP) is 2.04. The van der Waals surface area contributed by atoms with E-state index in [4.69, 9.17) is 11.6 Å². The molecule has 0 aliphatic heterocycles. The molecule has 2 heterocycles. The molecule has 0 aliphatic carbocycles. The van der Waals surface area contributed by atoms with Gasteiger partial charge in [0.15, 0.2) is 0 Å². The fraction of sp³-hybridized carbons (Fsp3) is 0.300. The Morgan fingerprint density at radius 1 is 1.50 bits per heavy atom. The molecular weight excluding hydrogens is 200 g/mol. The molecule has 4 heteroatoms. The molecule has 0 saturated heterocycles. The first-order chi connectivity index (χ1) is 6.76. The van der Waals surface area contributed by atoms with E-state index in [0.717, 1.165) is 23.5 Å². The SMILES string of the molecule is CCc1nc2ccc(Cl)cn2c1CO. The fourth-order valence-corrected chi connectivity index (χ4v) is 1.73. The number of pyridine rings is 1. The number of rotatable bonds is 2. The van der Waals surface area contributed by atoms with Crippen molar-refractivity contribution in [3.05, 3.63) is 34.7 Å². The van der Waals surface area contributed by atoms with Crippen LogP contribution in [-0.2, 0) is 13.0 Å². The Balaban J connectivity index is 2.74. The Morgan fingerprint density at radius 2 is 2.29 bits per heavy atom. The topological polar surface area (TPSA) is 37.5 Å². The first-order valence-corrected chi connectivity index (χ1v) is 4.90. The summed E-state index contributed by atoms with van der Waals surface area (Å²) in [5.41, 5.74) is 2.58. The molecule has 2 rings (SSSR count). The number of aromatic nitrogens is 2. The van der Waals surface area contributed by atoms with Crippen LogP contribution >= 0.6 is 11.6 Å². The van der Waals surface area contributed by atoms with Crippen molar-refractivity contribution >= 4 is 17.2 Å². The average molecular weight is 211 g/mol. The van der Waals surface area contributed by atoms with Gasteiger partial charge in [-0.3, -0.25) is 4.40 Å². The van der Waals surface area contributed by atoms with E-state index in [1.807, 2.05) is 17.4 Å². The molecule has 2 aromatic rings. The lowest BCUT2D eigenvalue weighted by Crippen LogP contribution is -1.95. The number of aliphatic hydroxyl groups is 1. The summed E-state index contributed by atoms with van der Waals surface area (Å²) >= 11 is 5.87. The third-order valence-corrected chi connectivity index (χ3v) is 2.47. The molecule has 0 spiro atoms. The lowest BCUT2D eigenvalue weighted by Gasteiger charge is -1.99. The van der Waals surface area contributed by atoms with Gasteiger partial charge >= 0.3 is 0 Å². The van der Waals surface area contributed by atoms with Gasteiger partial charge < -0.3 is 5.11 Å².